The first-order valence-electron chi connectivity index (χ1n) is 11.7. The van der Waals surface area contributed by atoms with E-state index in [4.69, 9.17) is 5.73 Å². The van der Waals surface area contributed by atoms with Gasteiger partial charge in [0, 0.05) is 54.2 Å². The second kappa shape index (κ2) is 11.3. The van der Waals surface area contributed by atoms with Gasteiger partial charge in [-0.1, -0.05) is 6.07 Å². The number of benzene rings is 1. The molecule has 0 spiro atoms. The molecule has 3 heterocycles. The molecule has 2 amide bonds. The fourth-order valence-corrected chi connectivity index (χ4v) is 5.42. The van der Waals surface area contributed by atoms with Gasteiger partial charge in [-0.15, -0.1) is 0 Å². The van der Waals surface area contributed by atoms with Crippen molar-refractivity contribution >= 4 is 34.7 Å². The lowest BCUT2D eigenvalue weighted by Gasteiger charge is -2.34. The Labute approximate surface area is 203 Å². The first-order chi connectivity index (χ1) is 16.5. The maximum absolute atomic E-state index is 13.5. The minimum Gasteiger partial charge on any atom is -0.370 e. The van der Waals surface area contributed by atoms with Gasteiger partial charge in [0.05, 0.1) is 6.04 Å². The summed E-state index contributed by atoms with van der Waals surface area (Å²) < 4.78 is 5.30. The molecular weight excluding hydrogens is 448 g/mol. The number of aryl methyl sites for hydroxylation is 1. The number of carbonyl (C=O) groups excluding carboxylic acids is 2. The van der Waals surface area contributed by atoms with Crippen LogP contribution in [-0.2, 0) is 16.1 Å². The Hall–Kier alpha value is -3.22. The topological polar surface area (TPSA) is 120 Å². The summed E-state index contributed by atoms with van der Waals surface area (Å²) in [7, 11) is 0. The number of nitrogens with one attached hydrogen (secondary N) is 2. The lowest BCUT2D eigenvalue weighted by Crippen LogP contribution is -2.48. The van der Waals surface area contributed by atoms with Gasteiger partial charge in [0.25, 0.3) is 0 Å². The van der Waals surface area contributed by atoms with E-state index in [0.717, 1.165) is 35.1 Å². The van der Waals surface area contributed by atoms with E-state index < -0.39 is 6.04 Å². The van der Waals surface area contributed by atoms with Crippen LogP contribution in [0.3, 0.4) is 0 Å². The molecule has 0 saturated carbocycles. The summed E-state index contributed by atoms with van der Waals surface area (Å²) in [5.74, 6) is 0.244. The number of hydrogen-bond acceptors (Lipinski definition) is 5. The number of primary amides is 1. The third-order valence-electron chi connectivity index (χ3n) is 6.49. The first kappa shape index (κ1) is 23.9. The summed E-state index contributed by atoms with van der Waals surface area (Å²) >= 11 is 1.47. The third kappa shape index (κ3) is 5.82. The number of nitrogens with zero attached hydrogens (tertiary/aromatic N) is 3. The molecule has 1 atom stereocenters. The molecule has 178 valence electrons. The van der Waals surface area contributed by atoms with Crippen molar-refractivity contribution < 1.29 is 9.59 Å². The number of H-pyrrole nitrogens is 1. The second-order valence-electron chi connectivity index (χ2n) is 8.73. The van der Waals surface area contributed by atoms with Gasteiger partial charge in [-0.05, 0) is 73.9 Å². The van der Waals surface area contributed by atoms with E-state index in [0.29, 0.717) is 44.1 Å². The quantitative estimate of drug-likeness (QED) is 0.386. The Morgan fingerprint density at radius 1 is 1.24 bits per heavy atom. The van der Waals surface area contributed by atoms with Crippen LogP contribution in [0.5, 0.6) is 0 Å². The Bertz CT molecular complexity index is 1170. The van der Waals surface area contributed by atoms with Crippen LogP contribution in [0.1, 0.15) is 37.8 Å². The van der Waals surface area contributed by atoms with E-state index in [9.17, 15) is 14.9 Å². The normalized spacial score (nSPS) is 15.3. The molecule has 1 aliphatic rings. The number of piperidine rings is 1. The van der Waals surface area contributed by atoms with E-state index >= 15 is 0 Å². The molecule has 9 heteroatoms. The lowest BCUT2D eigenvalue weighted by molar-refractivity contribution is -0.134. The van der Waals surface area contributed by atoms with Crippen molar-refractivity contribution in [2.75, 3.05) is 13.1 Å². The van der Waals surface area contributed by atoms with Gasteiger partial charge in [-0.25, -0.2) is 4.72 Å². The highest BCUT2D eigenvalue weighted by Crippen LogP contribution is 2.27. The van der Waals surface area contributed by atoms with Gasteiger partial charge in [0.15, 0.2) is 0 Å². The Kier molecular flexibility index (Phi) is 7.93. The predicted octanol–water partition coefficient (Wildman–Crippen LogP) is 3.40. The molecule has 1 unspecified atom stereocenters. The standard InChI is InChI=1S/C25H30N6O2S/c26-17-19-3-2-13-30(19)16-11-22(29-34-23-5-1-4-21-20(23)8-12-28-21)25(33)31-14-9-18(10-15-31)6-7-24(27)32/h1-5,8,12-13,18,22,28-29H,6-7,9-11,14-16H2,(H2,27,32). The summed E-state index contributed by atoms with van der Waals surface area (Å²) in [6, 6.07) is 13.5. The Balaban J connectivity index is 1.42. The minimum absolute atomic E-state index is 0.0766. The smallest absolute Gasteiger partial charge is 0.240 e. The molecule has 4 N–H and O–H groups in total. The SMILES string of the molecule is N#Cc1cccn1CCC(NSc1cccc2[nH]ccc12)C(=O)N1CCC(CCC(N)=O)CC1. The number of hydrogen-bond donors (Lipinski definition) is 3. The molecule has 3 aromatic rings. The fraction of sp³-hybridized carbons (Fsp3) is 0.400. The van der Waals surface area contributed by atoms with Crippen molar-refractivity contribution in [3.63, 3.8) is 0 Å². The maximum atomic E-state index is 13.5. The molecule has 0 bridgehead atoms. The van der Waals surface area contributed by atoms with E-state index in [1.165, 1.54) is 11.9 Å². The number of likely N-dealkylation sites (tertiary alicyclic amines) is 1. The van der Waals surface area contributed by atoms with Crippen LogP contribution < -0.4 is 10.5 Å². The summed E-state index contributed by atoms with van der Waals surface area (Å²) in [5, 5.41) is 10.4. The van der Waals surface area contributed by atoms with Crippen LogP contribution in [0, 0.1) is 17.2 Å². The van der Waals surface area contributed by atoms with Crippen molar-refractivity contribution in [3.8, 4) is 6.07 Å². The number of aromatic nitrogens is 2. The van der Waals surface area contributed by atoms with Crippen molar-refractivity contribution in [1.82, 2.24) is 19.2 Å². The second-order valence-corrected chi connectivity index (χ2v) is 9.61. The zero-order valence-corrected chi connectivity index (χ0v) is 19.9. The van der Waals surface area contributed by atoms with E-state index in [2.05, 4.69) is 15.8 Å². The van der Waals surface area contributed by atoms with Crippen molar-refractivity contribution in [2.45, 2.75) is 49.6 Å². The molecule has 0 radical (unpaired) electrons. The Morgan fingerprint density at radius 2 is 2.06 bits per heavy atom. The van der Waals surface area contributed by atoms with Gasteiger partial charge in [0.1, 0.15) is 11.8 Å². The van der Waals surface area contributed by atoms with Gasteiger partial charge in [-0.3, -0.25) is 9.59 Å². The van der Waals surface area contributed by atoms with E-state index in [1.54, 1.807) is 6.07 Å². The highest BCUT2D eigenvalue weighted by Gasteiger charge is 2.28. The van der Waals surface area contributed by atoms with E-state index in [1.807, 2.05) is 52.2 Å². The fourth-order valence-electron chi connectivity index (χ4n) is 4.50. The van der Waals surface area contributed by atoms with Gasteiger partial charge in [0.2, 0.25) is 11.8 Å². The lowest BCUT2D eigenvalue weighted by atomic mass is 9.91. The van der Waals surface area contributed by atoms with Crippen molar-refractivity contribution in [1.29, 1.82) is 5.26 Å². The minimum atomic E-state index is -0.393. The number of amides is 2. The number of rotatable bonds is 10. The van der Waals surface area contributed by atoms with Crippen LogP contribution in [0.15, 0.2) is 53.7 Å². The van der Waals surface area contributed by atoms with Crippen molar-refractivity contribution in [3.05, 3.63) is 54.5 Å². The molecular formula is C25H30N6O2S. The molecule has 1 fully saturated rings. The van der Waals surface area contributed by atoms with Crippen LogP contribution in [0.4, 0.5) is 0 Å². The van der Waals surface area contributed by atoms with Gasteiger partial charge in [-0.2, -0.15) is 5.26 Å². The largest absolute Gasteiger partial charge is 0.370 e. The molecule has 1 saturated heterocycles. The summed E-state index contributed by atoms with van der Waals surface area (Å²) in [5.41, 5.74) is 6.93. The summed E-state index contributed by atoms with van der Waals surface area (Å²) in [6.07, 6.45) is 7.32. The molecule has 1 aromatic carbocycles. The molecule has 2 aromatic heterocycles. The molecule has 4 rings (SSSR count). The van der Waals surface area contributed by atoms with Gasteiger partial charge >= 0.3 is 0 Å². The molecule has 0 aliphatic carbocycles. The first-order valence-corrected chi connectivity index (χ1v) is 12.5. The highest BCUT2D eigenvalue weighted by atomic mass is 32.2. The van der Waals surface area contributed by atoms with Crippen LogP contribution in [0.2, 0.25) is 0 Å². The predicted molar refractivity (Wildman–Crippen MR) is 133 cm³/mol. The summed E-state index contributed by atoms with van der Waals surface area (Å²) in [6.45, 7) is 1.94. The average Bonchev–Trinajstić information content (AvgIpc) is 3.52. The molecule has 1 aliphatic heterocycles. The van der Waals surface area contributed by atoms with Crippen LogP contribution in [-0.4, -0.2) is 45.4 Å². The van der Waals surface area contributed by atoms with Crippen LogP contribution >= 0.6 is 11.9 Å². The third-order valence-corrected chi connectivity index (χ3v) is 7.47. The number of aromatic amines is 1. The summed E-state index contributed by atoms with van der Waals surface area (Å²) in [4.78, 5) is 30.8. The monoisotopic (exact) mass is 478 g/mol. The number of carbonyl (C=O) groups is 2. The maximum Gasteiger partial charge on any atom is 0.240 e. The highest BCUT2D eigenvalue weighted by molar-refractivity contribution is 7.97. The Morgan fingerprint density at radius 3 is 2.82 bits per heavy atom. The number of nitrogens with two attached hydrogens (primary N) is 1. The van der Waals surface area contributed by atoms with E-state index in [-0.39, 0.29) is 11.8 Å². The number of nitriles is 1. The number of fused-ring (bicyclic) bond motifs is 1. The molecule has 8 nitrogen and oxygen atoms in total. The van der Waals surface area contributed by atoms with Crippen molar-refractivity contribution in [2.24, 2.45) is 11.7 Å². The zero-order valence-electron chi connectivity index (χ0n) is 19.1. The zero-order chi connectivity index (χ0) is 23.9. The van der Waals surface area contributed by atoms with Gasteiger partial charge < -0.3 is 20.2 Å². The average molecular weight is 479 g/mol. The molecule has 34 heavy (non-hydrogen) atoms. The van der Waals surface area contributed by atoms with Crippen LogP contribution in [0.25, 0.3) is 10.9 Å².